The number of carbonyl (C=O) groups is 1. The monoisotopic (exact) mass is 282 g/mol. The molecule has 1 aromatic heterocycles. The first-order valence-electron chi connectivity index (χ1n) is 6.54. The quantitative estimate of drug-likeness (QED) is 0.593. The van der Waals surface area contributed by atoms with Gasteiger partial charge in [0.2, 0.25) is 12.3 Å². The van der Waals surface area contributed by atoms with Crippen LogP contribution in [0.25, 0.3) is 10.9 Å². The molecule has 3 rings (SSSR count). The summed E-state index contributed by atoms with van der Waals surface area (Å²) in [4.78, 5) is 12.3. The molecule has 0 fully saturated rings. The fourth-order valence-corrected chi connectivity index (χ4v) is 2.33. The van der Waals surface area contributed by atoms with E-state index in [0.29, 0.717) is 11.1 Å². The predicted molar refractivity (Wildman–Crippen MR) is 76.5 cm³/mol. The third kappa shape index (κ3) is 2.60. The van der Waals surface area contributed by atoms with Gasteiger partial charge in [-0.1, -0.05) is 6.07 Å². The summed E-state index contributed by atoms with van der Waals surface area (Å²) < 4.78 is 14.6. The summed E-state index contributed by atoms with van der Waals surface area (Å²) in [5.74, 6) is -0.391. The summed E-state index contributed by atoms with van der Waals surface area (Å²) in [7, 11) is 0. The van der Waals surface area contributed by atoms with E-state index in [0.717, 1.165) is 5.39 Å². The van der Waals surface area contributed by atoms with Gasteiger partial charge < -0.3 is 5.11 Å². The Morgan fingerprint density at radius 3 is 2.52 bits per heavy atom. The van der Waals surface area contributed by atoms with E-state index >= 15 is 0 Å². The molecule has 0 unspecified atom stereocenters. The molecule has 0 amide bonds. The minimum absolute atomic E-state index is 0.0839. The summed E-state index contributed by atoms with van der Waals surface area (Å²) in [6.07, 6.45) is 1.74. The zero-order chi connectivity index (χ0) is 14.8. The van der Waals surface area contributed by atoms with Gasteiger partial charge in [-0.25, -0.2) is 4.39 Å². The van der Waals surface area contributed by atoms with E-state index in [1.807, 2.05) is 18.2 Å². The number of hydrogen-bond acceptors (Lipinski definition) is 2. The van der Waals surface area contributed by atoms with Crippen LogP contribution in [-0.4, -0.2) is 10.9 Å². The van der Waals surface area contributed by atoms with Crippen molar-refractivity contribution in [1.29, 1.82) is 0 Å². The predicted octanol–water partition coefficient (Wildman–Crippen LogP) is 2.85. The molecule has 104 valence electrons. The van der Waals surface area contributed by atoms with Crippen LogP contribution in [0.3, 0.4) is 0 Å². The molecule has 3 nitrogen and oxygen atoms in total. The highest BCUT2D eigenvalue weighted by Gasteiger charge is 2.17. The van der Waals surface area contributed by atoms with Gasteiger partial charge >= 0.3 is 0 Å². The molecule has 0 saturated heterocycles. The highest BCUT2D eigenvalue weighted by atomic mass is 19.1. The first-order valence-corrected chi connectivity index (χ1v) is 6.54. The number of Topliss-reactive ketones (excluding diaryl/α,β-unsaturated/α-hetero) is 1. The molecule has 0 bridgehead atoms. The van der Waals surface area contributed by atoms with Crippen LogP contribution in [0.2, 0.25) is 0 Å². The van der Waals surface area contributed by atoms with Gasteiger partial charge in [0.05, 0.1) is 5.39 Å². The zero-order valence-electron chi connectivity index (χ0n) is 11.2. The molecule has 4 heteroatoms. The number of ketones is 1. The summed E-state index contributed by atoms with van der Waals surface area (Å²) in [6, 6.07) is 14.3. The van der Waals surface area contributed by atoms with Gasteiger partial charge in [0, 0.05) is 11.6 Å². The number of halogens is 1. The van der Waals surface area contributed by atoms with Crippen molar-refractivity contribution in [2.45, 2.75) is 6.54 Å². The molecule has 1 N–H and O–H groups in total. The molecule has 3 aromatic rings. The number of aromatic hydroxyl groups is 1. The Kier molecular flexibility index (Phi) is 3.36. The van der Waals surface area contributed by atoms with Gasteiger partial charge in [0.25, 0.3) is 5.52 Å². The number of hydrogen-bond donors (Lipinski definition) is 1. The van der Waals surface area contributed by atoms with Crippen LogP contribution >= 0.6 is 0 Å². The van der Waals surface area contributed by atoms with Gasteiger partial charge in [0.1, 0.15) is 5.82 Å². The lowest BCUT2D eigenvalue weighted by Crippen LogP contribution is -2.38. The fourth-order valence-electron chi connectivity index (χ4n) is 2.33. The molecule has 2 aromatic carbocycles. The normalized spacial score (nSPS) is 10.7. The van der Waals surface area contributed by atoms with E-state index in [9.17, 15) is 14.3 Å². The minimum atomic E-state index is -0.373. The molecule has 21 heavy (non-hydrogen) atoms. The van der Waals surface area contributed by atoms with Crippen molar-refractivity contribution in [3.8, 4) is 5.75 Å². The number of carbonyl (C=O) groups excluding carboxylic acids is 1. The van der Waals surface area contributed by atoms with Crippen molar-refractivity contribution in [2.24, 2.45) is 0 Å². The van der Waals surface area contributed by atoms with Crippen LogP contribution in [0.1, 0.15) is 10.4 Å². The van der Waals surface area contributed by atoms with Crippen molar-refractivity contribution in [3.63, 3.8) is 0 Å². The highest BCUT2D eigenvalue weighted by molar-refractivity contribution is 5.95. The SMILES string of the molecule is O=C(C[n+]1cccc2cccc(O)c21)c1ccc(F)cc1. The summed E-state index contributed by atoms with van der Waals surface area (Å²) in [5.41, 5.74) is 1.05. The van der Waals surface area contributed by atoms with Crippen molar-refractivity contribution < 1.29 is 18.9 Å². The zero-order valence-corrected chi connectivity index (χ0v) is 11.2. The van der Waals surface area contributed by atoms with Crippen molar-refractivity contribution in [3.05, 3.63) is 72.2 Å². The summed E-state index contributed by atoms with van der Waals surface area (Å²) >= 11 is 0. The Hall–Kier alpha value is -2.75. The Bertz CT molecular complexity index is 807. The molecular weight excluding hydrogens is 269 g/mol. The molecule has 0 aliphatic carbocycles. The molecule has 0 radical (unpaired) electrons. The average molecular weight is 282 g/mol. The molecule has 0 spiro atoms. The number of fused-ring (bicyclic) bond motifs is 1. The maximum absolute atomic E-state index is 12.9. The average Bonchev–Trinajstić information content (AvgIpc) is 2.48. The van der Waals surface area contributed by atoms with E-state index in [1.165, 1.54) is 24.3 Å². The van der Waals surface area contributed by atoms with Crippen LogP contribution < -0.4 is 4.57 Å². The standard InChI is InChI=1S/C17H12FNO2/c18-14-8-6-12(7-9-14)16(21)11-19-10-2-4-13-3-1-5-15(20)17(13)19/h1-10H,11H2/p+1. The van der Waals surface area contributed by atoms with Gasteiger partial charge in [-0.05, 0) is 42.5 Å². The molecule has 0 aliphatic heterocycles. The number of nitrogens with zero attached hydrogens (tertiary/aromatic N) is 1. The Morgan fingerprint density at radius 1 is 1.05 bits per heavy atom. The molecule has 0 atom stereocenters. The number of pyridine rings is 1. The lowest BCUT2D eigenvalue weighted by molar-refractivity contribution is -0.657. The third-order valence-electron chi connectivity index (χ3n) is 3.36. The number of rotatable bonds is 3. The van der Waals surface area contributed by atoms with E-state index in [2.05, 4.69) is 0 Å². The molecular formula is C17H13FNO2+. The van der Waals surface area contributed by atoms with Crippen molar-refractivity contribution in [2.75, 3.05) is 0 Å². The van der Waals surface area contributed by atoms with Gasteiger partial charge in [-0.2, -0.15) is 4.57 Å². The summed E-state index contributed by atoms with van der Waals surface area (Å²) in [6.45, 7) is 0.0839. The summed E-state index contributed by atoms with van der Waals surface area (Å²) in [5, 5.41) is 10.8. The number of para-hydroxylation sites is 1. The number of benzene rings is 2. The van der Waals surface area contributed by atoms with Crippen molar-refractivity contribution in [1.82, 2.24) is 0 Å². The number of phenolic OH excluding ortho intramolecular Hbond substituents is 1. The topological polar surface area (TPSA) is 41.2 Å². The maximum atomic E-state index is 12.9. The molecule has 0 aliphatic rings. The largest absolute Gasteiger partial charge is 0.502 e. The fraction of sp³-hybridized carbons (Fsp3) is 0.0588. The number of phenols is 1. The van der Waals surface area contributed by atoms with E-state index in [4.69, 9.17) is 0 Å². The second-order valence-electron chi connectivity index (χ2n) is 4.78. The second kappa shape index (κ2) is 5.32. The van der Waals surface area contributed by atoms with Crippen LogP contribution in [0.5, 0.6) is 5.75 Å². The van der Waals surface area contributed by atoms with E-state index in [1.54, 1.807) is 22.9 Å². The van der Waals surface area contributed by atoms with Crippen LogP contribution in [0.15, 0.2) is 60.8 Å². The third-order valence-corrected chi connectivity index (χ3v) is 3.36. The van der Waals surface area contributed by atoms with Crippen molar-refractivity contribution >= 4 is 16.7 Å². The highest BCUT2D eigenvalue weighted by Crippen LogP contribution is 2.20. The van der Waals surface area contributed by atoms with Gasteiger partial charge in [-0.3, -0.25) is 4.79 Å². The Balaban J connectivity index is 1.98. The van der Waals surface area contributed by atoms with Gasteiger partial charge in [-0.15, -0.1) is 0 Å². The van der Waals surface area contributed by atoms with Crippen LogP contribution in [0, 0.1) is 5.82 Å². The molecule has 1 heterocycles. The van der Waals surface area contributed by atoms with Gasteiger partial charge in [0.15, 0.2) is 11.9 Å². The lowest BCUT2D eigenvalue weighted by atomic mass is 10.1. The second-order valence-corrected chi connectivity index (χ2v) is 4.78. The van der Waals surface area contributed by atoms with Crippen LogP contribution in [0.4, 0.5) is 4.39 Å². The van der Waals surface area contributed by atoms with E-state index < -0.39 is 0 Å². The Morgan fingerprint density at radius 2 is 1.76 bits per heavy atom. The number of aromatic nitrogens is 1. The van der Waals surface area contributed by atoms with Crippen LogP contribution in [-0.2, 0) is 6.54 Å². The first kappa shape index (κ1) is 13.2. The lowest BCUT2D eigenvalue weighted by Gasteiger charge is -2.03. The minimum Gasteiger partial charge on any atom is -0.502 e. The smallest absolute Gasteiger partial charge is 0.255 e. The Labute approximate surface area is 120 Å². The first-order chi connectivity index (χ1) is 10.1. The molecule has 0 saturated carbocycles. The maximum Gasteiger partial charge on any atom is 0.255 e. The van der Waals surface area contributed by atoms with E-state index in [-0.39, 0.29) is 23.9 Å².